The van der Waals surface area contributed by atoms with Crippen molar-refractivity contribution in [3.05, 3.63) is 48.0 Å². The number of halogens is 2. The molecule has 138 valence electrons. The van der Waals surface area contributed by atoms with Gasteiger partial charge in [-0.15, -0.1) is 24.0 Å². The zero-order valence-corrected chi connectivity index (χ0v) is 17.5. The number of aliphatic imine (C=N–C) groups is 1. The summed E-state index contributed by atoms with van der Waals surface area (Å²) in [5.74, 6) is 1.09. The summed E-state index contributed by atoms with van der Waals surface area (Å²) in [7, 11) is 1.77. The van der Waals surface area contributed by atoms with E-state index < -0.39 is 0 Å². The Morgan fingerprint density at radius 2 is 1.88 bits per heavy atom. The van der Waals surface area contributed by atoms with Crippen molar-refractivity contribution in [1.82, 2.24) is 20.4 Å². The highest BCUT2D eigenvalue weighted by molar-refractivity contribution is 14.0. The van der Waals surface area contributed by atoms with E-state index in [0.29, 0.717) is 12.0 Å². The minimum Gasteiger partial charge on any atom is -0.356 e. The molecule has 0 aliphatic carbocycles. The van der Waals surface area contributed by atoms with Gasteiger partial charge in [0.15, 0.2) is 5.96 Å². The van der Waals surface area contributed by atoms with Gasteiger partial charge in [0, 0.05) is 32.3 Å². The predicted molar refractivity (Wildman–Crippen MR) is 111 cm³/mol. The van der Waals surface area contributed by atoms with Crippen molar-refractivity contribution in [2.24, 2.45) is 10.9 Å². The summed E-state index contributed by atoms with van der Waals surface area (Å²) in [5.41, 5.74) is 1.82. The second kappa shape index (κ2) is 10.4. The fourth-order valence-electron chi connectivity index (χ4n) is 2.12. The lowest BCUT2D eigenvalue weighted by Gasteiger charge is -2.20. The van der Waals surface area contributed by atoms with Gasteiger partial charge in [-0.1, -0.05) is 13.8 Å². The van der Waals surface area contributed by atoms with Crippen LogP contribution in [0, 0.1) is 11.7 Å². The maximum absolute atomic E-state index is 13.0. The maximum Gasteiger partial charge on any atom is 0.191 e. The SMILES string of the molecule is CN=C(NCCc1ccn(-c2ccc(F)cc2)n1)NC(C)C(C)C.I. The molecule has 0 saturated carbocycles. The first kappa shape index (κ1) is 21.4. The molecule has 2 N–H and O–H groups in total. The van der Waals surface area contributed by atoms with Crippen molar-refractivity contribution in [1.29, 1.82) is 0 Å². The maximum atomic E-state index is 13.0. The third-order valence-corrected chi connectivity index (χ3v) is 4.00. The molecular weight excluding hydrogens is 432 g/mol. The van der Waals surface area contributed by atoms with Gasteiger partial charge in [0.05, 0.1) is 11.4 Å². The van der Waals surface area contributed by atoms with Crippen molar-refractivity contribution in [3.8, 4) is 5.69 Å². The van der Waals surface area contributed by atoms with Gasteiger partial charge in [-0.05, 0) is 43.2 Å². The van der Waals surface area contributed by atoms with E-state index in [2.05, 4.69) is 41.5 Å². The molecule has 1 heterocycles. The Labute approximate surface area is 166 Å². The Balaban J connectivity index is 0.00000312. The van der Waals surface area contributed by atoms with Gasteiger partial charge in [0.1, 0.15) is 5.82 Å². The van der Waals surface area contributed by atoms with Gasteiger partial charge in [-0.25, -0.2) is 9.07 Å². The second-order valence-corrected chi connectivity index (χ2v) is 6.15. The number of aromatic nitrogens is 2. The van der Waals surface area contributed by atoms with Crippen LogP contribution in [0.25, 0.3) is 5.69 Å². The lowest BCUT2D eigenvalue weighted by Crippen LogP contribution is -2.44. The molecule has 25 heavy (non-hydrogen) atoms. The number of hydrogen-bond donors (Lipinski definition) is 2. The molecule has 0 bridgehead atoms. The molecule has 0 amide bonds. The average Bonchev–Trinajstić information content (AvgIpc) is 3.03. The second-order valence-electron chi connectivity index (χ2n) is 6.15. The molecule has 2 aromatic rings. The molecule has 1 unspecified atom stereocenters. The average molecular weight is 459 g/mol. The van der Waals surface area contributed by atoms with E-state index >= 15 is 0 Å². The molecule has 0 spiro atoms. The lowest BCUT2D eigenvalue weighted by atomic mass is 10.1. The Hall–Kier alpha value is -1.64. The monoisotopic (exact) mass is 459 g/mol. The first-order chi connectivity index (χ1) is 11.5. The van der Waals surface area contributed by atoms with E-state index in [9.17, 15) is 4.39 Å². The number of hydrogen-bond acceptors (Lipinski definition) is 2. The molecule has 0 aliphatic heterocycles. The number of nitrogens with zero attached hydrogens (tertiary/aromatic N) is 3. The van der Waals surface area contributed by atoms with Crippen molar-refractivity contribution in [2.45, 2.75) is 33.2 Å². The molecule has 5 nitrogen and oxygen atoms in total. The van der Waals surface area contributed by atoms with Gasteiger partial charge in [-0.3, -0.25) is 4.99 Å². The molecule has 1 aromatic carbocycles. The highest BCUT2D eigenvalue weighted by Crippen LogP contribution is 2.09. The molecule has 1 atom stereocenters. The van der Waals surface area contributed by atoms with Crippen LogP contribution in [-0.4, -0.2) is 35.4 Å². The standard InChI is InChI=1S/C18H26FN5.HI/c1-13(2)14(3)22-18(20-4)21-11-9-16-10-12-24(23-16)17-7-5-15(19)6-8-17;/h5-8,10,12-14H,9,11H2,1-4H3,(H2,20,21,22);1H. The van der Waals surface area contributed by atoms with Crippen LogP contribution in [-0.2, 0) is 6.42 Å². The third kappa shape index (κ3) is 6.64. The molecule has 0 aliphatic rings. The summed E-state index contributed by atoms with van der Waals surface area (Å²) in [4.78, 5) is 4.24. The van der Waals surface area contributed by atoms with E-state index in [4.69, 9.17) is 0 Å². The molecule has 7 heteroatoms. The summed E-state index contributed by atoms with van der Waals surface area (Å²) in [6.07, 6.45) is 2.67. The molecule has 2 rings (SSSR count). The predicted octanol–water partition coefficient (Wildman–Crippen LogP) is 3.38. The summed E-state index contributed by atoms with van der Waals surface area (Å²) in [6, 6.07) is 8.62. The van der Waals surface area contributed by atoms with Crippen LogP contribution in [0.3, 0.4) is 0 Å². The minimum absolute atomic E-state index is 0. The highest BCUT2D eigenvalue weighted by Gasteiger charge is 2.09. The normalized spacial score (nSPS) is 12.6. The smallest absolute Gasteiger partial charge is 0.191 e. The van der Waals surface area contributed by atoms with E-state index in [0.717, 1.165) is 30.3 Å². The van der Waals surface area contributed by atoms with Gasteiger partial charge in [0.25, 0.3) is 0 Å². The number of rotatable bonds is 6. The lowest BCUT2D eigenvalue weighted by molar-refractivity contribution is 0.481. The van der Waals surface area contributed by atoms with Crippen LogP contribution >= 0.6 is 24.0 Å². The van der Waals surface area contributed by atoms with Gasteiger partial charge in [-0.2, -0.15) is 5.10 Å². The zero-order valence-electron chi connectivity index (χ0n) is 15.2. The zero-order chi connectivity index (χ0) is 17.5. The van der Waals surface area contributed by atoms with E-state index in [-0.39, 0.29) is 29.8 Å². The third-order valence-electron chi connectivity index (χ3n) is 4.00. The number of nitrogens with one attached hydrogen (secondary N) is 2. The molecule has 0 radical (unpaired) electrons. The van der Waals surface area contributed by atoms with E-state index in [1.54, 1.807) is 23.9 Å². The Bertz CT molecular complexity index is 666. The molecule has 1 aromatic heterocycles. The van der Waals surface area contributed by atoms with Crippen molar-refractivity contribution >= 4 is 29.9 Å². The first-order valence-electron chi connectivity index (χ1n) is 8.27. The molecular formula is C18H27FIN5. The Morgan fingerprint density at radius 1 is 1.20 bits per heavy atom. The highest BCUT2D eigenvalue weighted by atomic mass is 127. The summed E-state index contributed by atoms with van der Waals surface area (Å²) in [5, 5.41) is 11.2. The fourth-order valence-corrected chi connectivity index (χ4v) is 2.12. The molecule has 0 fully saturated rings. The summed E-state index contributed by atoms with van der Waals surface area (Å²) < 4.78 is 14.7. The van der Waals surface area contributed by atoms with Crippen LogP contribution in [0.15, 0.2) is 41.5 Å². The van der Waals surface area contributed by atoms with Gasteiger partial charge in [0.2, 0.25) is 0 Å². The van der Waals surface area contributed by atoms with E-state index in [1.165, 1.54) is 12.1 Å². The van der Waals surface area contributed by atoms with Crippen LogP contribution < -0.4 is 10.6 Å². The first-order valence-corrected chi connectivity index (χ1v) is 8.27. The minimum atomic E-state index is -0.246. The fraction of sp³-hybridized carbons (Fsp3) is 0.444. The Kier molecular flexibility index (Phi) is 8.88. The van der Waals surface area contributed by atoms with Crippen molar-refractivity contribution in [3.63, 3.8) is 0 Å². The van der Waals surface area contributed by atoms with Crippen LogP contribution in [0.5, 0.6) is 0 Å². The summed E-state index contributed by atoms with van der Waals surface area (Å²) in [6.45, 7) is 7.23. The van der Waals surface area contributed by atoms with E-state index in [1.807, 2.05) is 12.3 Å². The van der Waals surface area contributed by atoms with Gasteiger partial charge < -0.3 is 10.6 Å². The van der Waals surface area contributed by atoms with Crippen molar-refractivity contribution in [2.75, 3.05) is 13.6 Å². The largest absolute Gasteiger partial charge is 0.356 e. The van der Waals surface area contributed by atoms with Crippen LogP contribution in [0.4, 0.5) is 4.39 Å². The number of benzene rings is 1. The number of guanidine groups is 1. The quantitative estimate of drug-likeness (QED) is 0.396. The van der Waals surface area contributed by atoms with Crippen molar-refractivity contribution < 1.29 is 4.39 Å². The van der Waals surface area contributed by atoms with Crippen LogP contribution in [0.2, 0.25) is 0 Å². The van der Waals surface area contributed by atoms with Gasteiger partial charge >= 0.3 is 0 Å². The topological polar surface area (TPSA) is 54.2 Å². The Morgan fingerprint density at radius 3 is 2.48 bits per heavy atom. The summed E-state index contributed by atoms with van der Waals surface area (Å²) >= 11 is 0. The van der Waals surface area contributed by atoms with Crippen LogP contribution in [0.1, 0.15) is 26.5 Å². The molecule has 0 saturated heterocycles.